The second kappa shape index (κ2) is 8.22. The average molecular weight is 388 g/mol. The van der Waals surface area contributed by atoms with Gasteiger partial charge in [-0.3, -0.25) is 4.98 Å². The van der Waals surface area contributed by atoms with E-state index in [4.69, 9.17) is 22.1 Å². The number of nitrogens with zero attached hydrogens (tertiary/aromatic N) is 2. The zero-order valence-electron chi connectivity index (χ0n) is 14.8. The Balaban J connectivity index is 2.25. The lowest BCUT2D eigenvalue weighted by Gasteiger charge is -2.23. The van der Waals surface area contributed by atoms with E-state index < -0.39 is 12.2 Å². The third-order valence-corrected chi connectivity index (χ3v) is 3.84. The Morgan fingerprint density at radius 1 is 1.23 bits per heavy atom. The Labute approximate surface area is 155 Å². The van der Waals surface area contributed by atoms with Crippen LogP contribution in [0.25, 0.3) is 11.3 Å². The number of pyridine rings is 2. The highest BCUT2D eigenvalue weighted by molar-refractivity contribution is 6.29. The van der Waals surface area contributed by atoms with Crippen LogP contribution in [0.4, 0.5) is 13.2 Å². The minimum atomic E-state index is -2.80. The molecule has 1 atom stereocenters. The number of hydrogen-bond donors (Lipinski definition) is 1. The van der Waals surface area contributed by atoms with Gasteiger partial charge < -0.3 is 10.5 Å². The smallest absolute Gasteiger partial charge is 0.267 e. The number of ether oxygens (including phenoxy) is 1. The Bertz CT molecular complexity index is 766. The SMILES string of the molecule is C[C@H](COc1cnc(-c2cc(Cl)ncc2F)cc1C(F)F)CC(C)(C)N. The third kappa shape index (κ3) is 5.57. The number of aromatic nitrogens is 2. The minimum Gasteiger partial charge on any atom is -0.491 e. The Hall–Kier alpha value is -1.86. The Morgan fingerprint density at radius 3 is 2.54 bits per heavy atom. The van der Waals surface area contributed by atoms with Gasteiger partial charge in [-0.2, -0.15) is 0 Å². The third-order valence-electron chi connectivity index (χ3n) is 3.63. The van der Waals surface area contributed by atoms with Crippen molar-refractivity contribution in [2.45, 2.75) is 39.2 Å². The van der Waals surface area contributed by atoms with E-state index in [0.29, 0.717) is 6.42 Å². The van der Waals surface area contributed by atoms with Gasteiger partial charge >= 0.3 is 0 Å². The summed E-state index contributed by atoms with van der Waals surface area (Å²) >= 11 is 5.75. The zero-order chi connectivity index (χ0) is 19.5. The van der Waals surface area contributed by atoms with Crippen LogP contribution in [-0.4, -0.2) is 22.1 Å². The summed E-state index contributed by atoms with van der Waals surface area (Å²) in [7, 11) is 0. The van der Waals surface area contributed by atoms with Gasteiger partial charge in [-0.15, -0.1) is 0 Å². The second-order valence-electron chi connectivity index (χ2n) is 7.00. The zero-order valence-corrected chi connectivity index (χ0v) is 15.5. The molecule has 0 unspecified atom stereocenters. The van der Waals surface area contributed by atoms with Gasteiger partial charge in [0.1, 0.15) is 10.9 Å². The molecule has 0 bridgehead atoms. The van der Waals surface area contributed by atoms with Crippen LogP contribution >= 0.6 is 11.6 Å². The van der Waals surface area contributed by atoms with Crippen molar-refractivity contribution in [1.82, 2.24) is 9.97 Å². The standard InChI is InChI=1S/C18H21ClF3N3O/c1-10(6-18(2,3)23)9-26-15-8-24-14(4-12(15)17(21)22)11-5-16(19)25-7-13(11)20/h4-5,7-8,10,17H,6,9,23H2,1-3H3/t10-/m0/s1. The van der Waals surface area contributed by atoms with Crippen molar-refractivity contribution in [3.8, 4) is 17.0 Å². The molecule has 2 aromatic rings. The number of halogens is 4. The maximum Gasteiger partial charge on any atom is 0.267 e. The van der Waals surface area contributed by atoms with Crippen LogP contribution in [-0.2, 0) is 0 Å². The summed E-state index contributed by atoms with van der Waals surface area (Å²) in [4.78, 5) is 7.63. The first-order valence-electron chi connectivity index (χ1n) is 8.08. The van der Waals surface area contributed by atoms with Gasteiger partial charge in [0.2, 0.25) is 0 Å². The molecule has 0 amide bonds. The van der Waals surface area contributed by atoms with E-state index in [1.807, 2.05) is 20.8 Å². The highest BCUT2D eigenvalue weighted by atomic mass is 35.5. The molecule has 0 aliphatic rings. The summed E-state index contributed by atoms with van der Waals surface area (Å²) < 4.78 is 46.3. The first-order valence-corrected chi connectivity index (χ1v) is 8.46. The summed E-state index contributed by atoms with van der Waals surface area (Å²) in [5.74, 6) is -0.669. The van der Waals surface area contributed by atoms with Crippen LogP contribution in [0.1, 0.15) is 39.2 Å². The molecule has 142 valence electrons. The van der Waals surface area contributed by atoms with E-state index in [1.54, 1.807) is 0 Å². The summed E-state index contributed by atoms with van der Waals surface area (Å²) in [6.45, 7) is 5.92. The maximum atomic E-state index is 13.9. The summed E-state index contributed by atoms with van der Waals surface area (Å²) in [5, 5.41) is 0.0420. The molecule has 8 heteroatoms. The van der Waals surface area contributed by atoms with Gasteiger partial charge in [0.15, 0.2) is 5.82 Å². The quantitative estimate of drug-likeness (QED) is 0.678. The molecule has 2 rings (SSSR count). The highest BCUT2D eigenvalue weighted by Gasteiger charge is 2.20. The number of nitrogens with two attached hydrogens (primary N) is 1. The van der Waals surface area contributed by atoms with Gasteiger partial charge in [-0.1, -0.05) is 18.5 Å². The van der Waals surface area contributed by atoms with E-state index in [0.717, 1.165) is 12.3 Å². The molecule has 0 radical (unpaired) electrons. The molecule has 4 nitrogen and oxygen atoms in total. The van der Waals surface area contributed by atoms with E-state index in [2.05, 4.69) is 9.97 Å². The molecule has 0 aromatic carbocycles. The predicted molar refractivity (Wildman–Crippen MR) is 94.9 cm³/mol. The van der Waals surface area contributed by atoms with Crippen molar-refractivity contribution >= 4 is 11.6 Å². The lowest BCUT2D eigenvalue weighted by atomic mass is 9.93. The molecular formula is C18H21ClF3N3O. The normalized spacial score (nSPS) is 13.1. The molecular weight excluding hydrogens is 367 g/mol. The number of alkyl halides is 2. The van der Waals surface area contributed by atoms with Crippen LogP contribution in [0, 0.1) is 11.7 Å². The molecule has 0 aliphatic carbocycles. The number of rotatable bonds is 7. The van der Waals surface area contributed by atoms with Crippen molar-refractivity contribution in [3.05, 3.63) is 41.1 Å². The molecule has 0 aliphatic heterocycles. The maximum absolute atomic E-state index is 13.9. The minimum absolute atomic E-state index is 0.00306. The Kier molecular flexibility index (Phi) is 6.47. The summed E-state index contributed by atoms with van der Waals surface area (Å²) in [5.41, 5.74) is 5.24. The van der Waals surface area contributed by atoms with E-state index >= 15 is 0 Å². The topological polar surface area (TPSA) is 61.0 Å². The molecule has 2 heterocycles. The molecule has 0 fully saturated rings. The summed E-state index contributed by atoms with van der Waals surface area (Å²) in [6.07, 6.45) is -0.0377. The van der Waals surface area contributed by atoms with Gasteiger partial charge in [-0.25, -0.2) is 18.2 Å². The van der Waals surface area contributed by atoms with Crippen LogP contribution in [0.2, 0.25) is 5.15 Å². The van der Waals surface area contributed by atoms with Crippen LogP contribution in [0.15, 0.2) is 24.5 Å². The second-order valence-corrected chi connectivity index (χ2v) is 7.39. The number of hydrogen-bond acceptors (Lipinski definition) is 4. The lowest BCUT2D eigenvalue weighted by Crippen LogP contribution is -2.35. The van der Waals surface area contributed by atoms with Crippen molar-refractivity contribution in [2.24, 2.45) is 11.7 Å². The van der Waals surface area contributed by atoms with E-state index in [9.17, 15) is 13.2 Å². The fourth-order valence-corrected chi connectivity index (χ4v) is 2.85. The Morgan fingerprint density at radius 2 is 1.92 bits per heavy atom. The van der Waals surface area contributed by atoms with Crippen molar-refractivity contribution in [2.75, 3.05) is 6.61 Å². The largest absolute Gasteiger partial charge is 0.491 e. The van der Waals surface area contributed by atoms with Crippen LogP contribution in [0.5, 0.6) is 5.75 Å². The first kappa shape index (κ1) is 20.5. The first-order chi connectivity index (χ1) is 12.1. The predicted octanol–water partition coefficient (Wildman–Crippen LogP) is 5.02. The average Bonchev–Trinajstić information content (AvgIpc) is 2.53. The van der Waals surface area contributed by atoms with Crippen molar-refractivity contribution < 1.29 is 17.9 Å². The molecule has 2 N–H and O–H groups in total. The van der Waals surface area contributed by atoms with Gasteiger partial charge in [0, 0.05) is 11.1 Å². The van der Waals surface area contributed by atoms with Crippen LogP contribution < -0.4 is 10.5 Å². The fourth-order valence-electron chi connectivity index (χ4n) is 2.70. The molecule has 0 spiro atoms. The van der Waals surface area contributed by atoms with Gasteiger partial charge in [-0.05, 0) is 38.3 Å². The monoisotopic (exact) mass is 387 g/mol. The summed E-state index contributed by atoms with van der Waals surface area (Å²) in [6, 6.07) is 2.34. The van der Waals surface area contributed by atoms with E-state index in [-0.39, 0.29) is 45.8 Å². The van der Waals surface area contributed by atoms with Gasteiger partial charge in [0.25, 0.3) is 6.43 Å². The fraction of sp³-hybridized carbons (Fsp3) is 0.444. The molecule has 2 aromatic heterocycles. The molecule has 26 heavy (non-hydrogen) atoms. The highest BCUT2D eigenvalue weighted by Crippen LogP contribution is 2.33. The molecule has 0 saturated heterocycles. The van der Waals surface area contributed by atoms with E-state index in [1.165, 1.54) is 12.3 Å². The van der Waals surface area contributed by atoms with Crippen LogP contribution in [0.3, 0.4) is 0 Å². The lowest BCUT2D eigenvalue weighted by molar-refractivity contribution is 0.142. The van der Waals surface area contributed by atoms with Crippen molar-refractivity contribution in [1.29, 1.82) is 0 Å². The molecule has 0 saturated carbocycles. The van der Waals surface area contributed by atoms with Gasteiger partial charge in [0.05, 0.1) is 30.3 Å². The van der Waals surface area contributed by atoms with Crippen molar-refractivity contribution in [3.63, 3.8) is 0 Å².